The van der Waals surface area contributed by atoms with Crippen molar-refractivity contribution in [3.63, 3.8) is 0 Å². The summed E-state index contributed by atoms with van der Waals surface area (Å²) in [6, 6.07) is 10.7. The molecule has 3 rings (SSSR count). The first-order chi connectivity index (χ1) is 10.2. The minimum atomic E-state index is 0.407. The molecule has 1 aromatic heterocycles. The first-order valence-electron chi connectivity index (χ1n) is 7.59. The number of rotatable bonds is 4. The van der Waals surface area contributed by atoms with E-state index in [0.29, 0.717) is 18.4 Å². The van der Waals surface area contributed by atoms with Gasteiger partial charge in [0, 0.05) is 29.9 Å². The summed E-state index contributed by atoms with van der Waals surface area (Å²) in [5.41, 5.74) is 9.49. The van der Waals surface area contributed by atoms with Crippen molar-refractivity contribution in [2.24, 2.45) is 5.73 Å². The molecule has 4 heteroatoms. The molecule has 1 atom stereocenters. The minimum Gasteiger partial charge on any atom is -0.330 e. The standard InChI is InChI=1S/C17H22N4/c1-12(2)15-9-17(20-11-19-15)21-10-13(7-8-18)14-5-3-4-6-16(14)21/h3-6,9,11-13H,7-8,10,18H2,1-2H3. The van der Waals surface area contributed by atoms with Crippen LogP contribution in [0.1, 0.15) is 43.4 Å². The molecule has 2 heterocycles. The summed E-state index contributed by atoms with van der Waals surface area (Å²) < 4.78 is 0. The number of aromatic nitrogens is 2. The number of benzene rings is 1. The molecular weight excluding hydrogens is 260 g/mol. The van der Waals surface area contributed by atoms with E-state index < -0.39 is 0 Å². The van der Waals surface area contributed by atoms with Crippen LogP contribution in [0.15, 0.2) is 36.7 Å². The third kappa shape index (κ3) is 2.63. The molecular formula is C17H22N4. The van der Waals surface area contributed by atoms with E-state index in [9.17, 15) is 0 Å². The van der Waals surface area contributed by atoms with Crippen molar-refractivity contribution in [3.05, 3.63) is 47.9 Å². The zero-order valence-corrected chi connectivity index (χ0v) is 12.7. The summed E-state index contributed by atoms with van der Waals surface area (Å²) in [5, 5.41) is 0. The quantitative estimate of drug-likeness (QED) is 0.935. The Bertz CT molecular complexity index is 624. The Kier molecular flexibility index (Phi) is 3.88. The van der Waals surface area contributed by atoms with Crippen LogP contribution in [0.2, 0.25) is 0 Å². The fraction of sp³-hybridized carbons (Fsp3) is 0.412. The first kappa shape index (κ1) is 14.0. The van der Waals surface area contributed by atoms with E-state index in [1.54, 1.807) is 6.33 Å². The monoisotopic (exact) mass is 282 g/mol. The number of hydrogen-bond acceptors (Lipinski definition) is 4. The van der Waals surface area contributed by atoms with Crippen LogP contribution in [0.25, 0.3) is 0 Å². The molecule has 4 nitrogen and oxygen atoms in total. The Morgan fingerprint density at radius 3 is 2.86 bits per heavy atom. The molecule has 0 fully saturated rings. The Morgan fingerprint density at radius 1 is 1.29 bits per heavy atom. The third-order valence-electron chi connectivity index (χ3n) is 4.13. The van der Waals surface area contributed by atoms with Crippen molar-refractivity contribution >= 4 is 11.5 Å². The summed E-state index contributed by atoms with van der Waals surface area (Å²) in [7, 11) is 0. The SMILES string of the molecule is CC(C)c1cc(N2CC(CCN)c3ccccc32)ncn1. The summed E-state index contributed by atoms with van der Waals surface area (Å²) in [5.74, 6) is 1.88. The summed E-state index contributed by atoms with van der Waals surface area (Å²) >= 11 is 0. The van der Waals surface area contributed by atoms with Gasteiger partial charge in [-0.25, -0.2) is 9.97 Å². The molecule has 0 radical (unpaired) electrons. The Hall–Kier alpha value is -1.94. The average Bonchev–Trinajstić information content (AvgIpc) is 2.87. The van der Waals surface area contributed by atoms with E-state index in [2.05, 4.69) is 59.0 Å². The second kappa shape index (κ2) is 5.82. The van der Waals surface area contributed by atoms with E-state index in [4.69, 9.17) is 5.73 Å². The van der Waals surface area contributed by atoms with E-state index in [1.807, 2.05) is 0 Å². The van der Waals surface area contributed by atoms with Gasteiger partial charge < -0.3 is 10.6 Å². The van der Waals surface area contributed by atoms with Gasteiger partial charge in [0.15, 0.2) is 0 Å². The van der Waals surface area contributed by atoms with Crippen molar-refractivity contribution in [2.75, 3.05) is 18.0 Å². The maximum absolute atomic E-state index is 5.77. The first-order valence-corrected chi connectivity index (χ1v) is 7.59. The molecule has 1 aliphatic rings. The van der Waals surface area contributed by atoms with Gasteiger partial charge in [0.1, 0.15) is 12.1 Å². The predicted octanol–water partition coefficient (Wildman–Crippen LogP) is 3.18. The third-order valence-corrected chi connectivity index (χ3v) is 4.13. The summed E-state index contributed by atoms with van der Waals surface area (Å²) in [6.45, 7) is 5.97. The van der Waals surface area contributed by atoms with Gasteiger partial charge in [0.2, 0.25) is 0 Å². The Balaban J connectivity index is 1.98. The molecule has 0 aliphatic carbocycles. The number of anilines is 2. The van der Waals surface area contributed by atoms with Crippen LogP contribution < -0.4 is 10.6 Å². The van der Waals surface area contributed by atoms with Gasteiger partial charge in [-0.05, 0) is 30.5 Å². The lowest BCUT2D eigenvalue weighted by molar-refractivity contribution is 0.666. The molecule has 1 unspecified atom stereocenters. The van der Waals surface area contributed by atoms with Crippen LogP contribution in [-0.4, -0.2) is 23.1 Å². The zero-order valence-electron chi connectivity index (χ0n) is 12.7. The number of hydrogen-bond donors (Lipinski definition) is 1. The molecule has 0 saturated carbocycles. The van der Waals surface area contributed by atoms with Gasteiger partial charge in [-0.15, -0.1) is 0 Å². The fourth-order valence-corrected chi connectivity index (χ4v) is 2.99. The van der Waals surface area contributed by atoms with Crippen molar-refractivity contribution in [2.45, 2.75) is 32.1 Å². The molecule has 0 amide bonds. The maximum atomic E-state index is 5.77. The van der Waals surface area contributed by atoms with Crippen molar-refractivity contribution in [1.29, 1.82) is 0 Å². The lowest BCUT2D eigenvalue weighted by atomic mass is 9.98. The van der Waals surface area contributed by atoms with Gasteiger partial charge in [-0.3, -0.25) is 0 Å². The van der Waals surface area contributed by atoms with Crippen molar-refractivity contribution in [1.82, 2.24) is 9.97 Å². The molecule has 0 saturated heterocycles. The predicted molar refractivity (Wildman–Crippen MR) is 86.0 cm³/mol. The highest BCUT2D eigenvalue weighted by molar-refractivity contribution is 5.69. The highest BCUT2D eigenvalue weighted by atomic mass is 15.2. The lowest BCUT2D eigenvalue weighted by Gasteiger charge is -2.19. The molecule has 2 aromatic rings. The molecule has 110 valence electrons. The maximum Gasteiger partial charge on any atom is 0.136 e. The zero-order chi connectivity index (χ0) is 14.8. The molecule has 21 heavy (non-hydrogen) atoms. The number of nitrogens with two attached hydrogens (primary N) is 1. The Morgan fingerprint density at radius 2 is 2.10 bits per heavy atom. The number of fused-ring (bicyclic) bond motifs is 1. The molecule has 1 aliphatic heterocycles. The van der Waals surface area contributed by atoms with Gasteiger partial charge in [0.25, 0.3) is 0 Å². The highest BCUT2D eigenvalue weighted by Gasteiger charge is 2.29. The van der Waals surface area contributed by atoms with E-state index >= 15 is 0 Å². The second-order valence-corrected chi connectivity index (χ2v) is 5.90. The minimum absolute atomic E-state index is 0.407. The molecule has 2 N–H and O–H groups in total. The lowest BCUT2D eigenvalue weighted by Crippen LogP contribution is -2.18. The average molecular weight is 282 g/mol. The molecule has 0 bridgehead atoms. The summed E-state index contributed by atoms with van der Waals surface area (Å²) in [4.78, 5) is 11.1. The largest absolute Gasteiger partial charge is 0.330 e. The topological polar surface area (TPSA) is 55.0 Å². The molecule has 1 aromatic carbocycles. The molecule has 0 spiro atoms. The van der Waals surface area contributed by atoms with E-state index in [0.717, 1.165) is 24.5 Å². The Labute approximate surface area is 126 Å². The van der Waals surface area contributed by atoms with Crippen LogP contribution >= 0.6 is 0 Å². The van der Waals surface area contributed by atoms with Gasteiger partial charge in [-0.2, -0.15) is 0 Å². The van der Waals surface area contributed by atoms with Gasteiger partial charge in [-0.1, -0.05) is 32.0 Å². The highest BCUT2D eigenvalue weighted by Crippen LogP contribution is 2.41. The van der Waals surface area contributed by atoms with E-state index in [1.165, 1.54) is 11.3 Å². The number of nitrogens with zero attached hydrogens (tertiary/aromatic N) is 3. The second-order valence-electron chi connectivity index (χ2n) is 5.90. The normalized spacial score (nSPS) is 17.3. The van der Waals surface area contributed by atoms with Gasteiger partial charge >= 0.3 is 0 Å². The van der Waals surface area contributed by atoms with Crippen LogP contribution in [0, 0.1) is 0 Å². The van der Waals surface area contributed by atoms with Crippen molar-refractivity contribution < 1.29 is 0 Å². The number of para-hydroxylation sites is 1. The van der Waals surface area contributed by atoms with Crippen molar-refractivity contribution in [3.8, 4) is 0 Å². The van der Waals surface area contributed by atoms with Crippen LogP contribution in [-0.2, 0) is 0 Å². The van der Waals surface area contributed by atoms with Crippen LogP contribution in [0.3, 0.4) is 0 Å². The van der Waals surface area contributed by atoms with Crippen LogP contribution in [0.4, 0.5) is 11.5 Å². The summed E-state index contributed by atoms with van der Waals surface area (Å²) in [6.07, 6.45) is 2.68. The fourth-order valence-electron chi connectivity index (χ4n) is 2.99. The van der Waals surface area contributed by atoms with Crippen LogP contribution in [0.5, 0.6) is 0 Å². The van der Waals surface area contributed by atoms with Gasteiger partial charge in [0.05, 0.1) is 0 Å². The van der Waals surface area contributed by atoms with E-state index in [-0.39, 0.29) is 0 Å². The smallest absolute Gasteiger partial charge is 0.136 e.